The van der Waals surface area contributed by atoms with Crippen molar-refractivity contribution >= 4 is 27.4 Å². The molecule has 0 bridgehead atoms. The third-order valence-electron chi connectivity index (χ3n) is 3.70. The van der Waals surface area contributed by atoms with Crippen LogP contribution < -0.4 is 0 Å². The number of sulfonamides is 1. The van der Waals surface area contributed by atoms with Crippen molar-refractivity contribution in [3.63, 3.8) is 0 Å². The number of hydrogen-bond donors (Lipinski definition) is 1. The Morgan fingerprint density at radius 3 is 2.46 bits per heavy atom. The lowest BCUT2D eigenvalue weighted by Crippen LogP contribution is -2.42. The predicted octanol–water partition coefficient (Wildman–Crippen LogP) is 0.988. The fourth-order valence-corrected chi connectivity index (χ4v) is 4.14. The number of benzene rings is 1. The summed E-state index contributed by atoms with van der Waals surface area (Å²) in [6.45, 7) is -0.272. The molecule has 0 saturated carbocycles. The molecule has 1 unspecified atom stereocenters. The first kappa shape index (κ1) is 17.7. The van der Waals surface area contributed by atoms with Crippen molar-refractivity contribution in [2.24, 2.45) is 5.92 Å². The van der Waals surface area contributed by atoms with Crippen LogP contribution in [0.1, 0.15) is 12.8 Å². The quantitative estimate of drug-likeness (QED) is 0.601. The Morgan fingerprint density at radius 2 is 1.92 bits per heavy atom. The van der Waals surface area contributed by atoms with Gasteiger partial charge in [-0.3, -0.25) is 25.0 Å². The molecular weight excluding hydrogens is 346 g/mol. The van der Waals surface area contributed by atoms with Crippen LogP contribution in [0.15, 0.2) is 23.1 Å². The molecule has 11 nitrogen and oxygen atoms in total. The number of carbonyl (C=O) groups is 1. The van der Waals surface area contributed by atoms with Gasteiger partial charge in [-0.15, -0.1) is 0 Å². The van der Waals surface area contributed by atoms with Crippen LogP contribution in [-0.4, -0.2) is 46.7 Å². The summed E-state index contributed by atoms with van der Waals surface area (Å²) in [6.07, 6.45) is 0.612. The molecule has 1 N–H and O–H groups in total. The molecule has 1 atom stereocenters. The maximum absolute atomic E-state index is 12.6. The zero-order chi connectivity index (χ0) is 18.1. The van der Waals surface area contributed by atoms with Gasteiger partial charge >= 0.3 is 5.97 Å². The highest BCUT2D eigenvalue weighted by Gasteiger charge is 2.37. The maximum atomic E-state index is 12.6. The monoisotopic (exact) mass is 359 g/mol. The molecule has 130 valence electrons. The number of nitro benzene ring substituents is 2. The van der Waals surface area contributed by atoms with Gasteiger partial charge in [0.2, 0.25) is 10.0 Å². The summed E-state index contributed by atoms with van der Waals surface area (Å²) < 4.78 is 26.1. The van der Waals surface area contributed by atoms with Crippen molar-refractivity contribution < 1.29 is 28.2 Å². The van der Waals surface area contributed by atoms with E-state index in [2.05, 4.69) is 0 Å². The number of piperidine rings is 1. The number of aliphatic carboxylic acids is 1. The topological polar surface area (TPSA) is 161 Å². The molecule has 0 amide bonds. The molecule has 0 aliphatic carbocycles. The van der Waals surface area contributed by atoms with Gasteiger partial charge in [0.1, 0.15) is 0 Å². The molecular formula is C12H13N3O8S. The molecule has 2 rings (SSSR count). The van der Waals surface area contributed by atoms with E-state index in [1.165, 1.54) is 0 Å². The Hall–Kier alpha value is -2.60. The summed E-state index contributed by atoms with van der Waals surface area (Å²) in [7, 11) is -4.34. The van der Waals surface area contributed by atoms with Crippen molar-refractivity contribution in [1.29, 1.82) is 0 Å². The zero-order valence-electron chi connectivity index (χ0n) is 12.2. The highest BCUT2D eigenvalue weighted by atomic mass is 32.2. The normalized spacial score (nSPS) is 18.9. The smallest absolute Gasteiger partial charge is 0.307 e. The van der Waals surface area contributed by atoms with Crippen LogP contribution in [0.2, 0.25) is 0 Å². The van der Waals surface area contributed by atoms with Gasteiger partial charge in [-0.05, 0) is 18.9 Å². The first-order valence-corrected chi connectivity index (χ1v) is 8.24. The molecule has 24 heavy (non-hydrogen) atoms. The number of nitro groups is 2. The summed E-state index contributed by atoms with van der Waals surface area (Å²) in [4.78, 5) is 30.3. The van der Waals surface area contributed by atoms with Crippen molar-refractivity contribution in [2.75, 3.05) is 13.1 Å². The van der Waals surface area contributed by atoms with E-state index in [1.54, 1.807) is 0 Å². The van der Waals surface area contributed by atoms with E-state index in [1.807, 2.05) is 0 Å². The second-order valence-corrected chi connectivity index (χ2v) is 7.11. The van der Waals surface area contributed by atoms with Crippen LogP contribution in [0, 0.1) is 26.1 Å². The standard InChI is InChI=1S/C12H13N3O8S/c16-12(17)8-2-1-5-13(7-8)24(22,23)11-4-3-9(14(18)19)6-10(11)15(20)21/h3-4,6,8H,1-2,5,7H2,(H,16,17). The molecule has 1 aromatic carbocycles. The Balaban J connectivity index is 2.47. The number of non-ortho nitro benzene ring substituents is 1. The Morgan fingerprint density at radius 1 is 1.25 bits per heavy atom. The second kappa shape index (κ2) is 6.49. The molecule has 0 spiro atoms. The Bertz CT molecular complexity index is 807. The SMILES string of the molecule is O=C(O)C1CCCN(S(=O)(=O)c2ccc([N+](=O)[O-])cc2[N+](=O)[O-])C1. The molecule has 12 heteroatoms. The van der Waals surface area contributed by atoms with Gasteiger partial charge in [0, 0.05) is 19.2 Å². The molecule has 1 aliphatic heterocycles. The lowest BCUT2D eigenvalue weighted by Gasteiger charge is -2.29. The van der Waals surface area contributed by atoms with Crippen LogP contribution in [0.4, 0.5) is 11.4 Å². The molecule has 1 aliphatic rings. The van der Waals surface area contributed by atoms with E-state index in [0.29, 0.717) is 18.9 Å². The maximum Gasteiger partial charge on any atom is 0.307 e. The fraction of sp³-hybridized carbons (Fsp3) is 0.417. The van der Waals surface area contributed by atoms with E-state index in [4.69, 9.17) is 5.11 Å². The summed E-state index contributed by atoms with van der Waals surface area (Å²) in [5.41, 5.74) is -1.52. The van der Waals surface area contributed by atoms with Crippen LogP contribution in [0.5, 0.6) is 0 Å². The van der Waals surface area contributed by atoms with Crippen molar-refractivity contribution in [3.05, 3.63) is 38.4 Å². The zero-order valence-corrected chi connectivity index (χ0v) is 13.0. The number of hydrogen-bond acceptors (Lipinski definition) is 7. The highest BCUT2D eigenvalue weighted by molar-refractivity contribution is 7.89. The van der Waals surface area contributed by atoms with E-state index in [0.717, 1.165) is 16.4 Å². The predicted molar refractivity (Wildman–Crippen MR) is 78.9 cm³/mol. The minimum Gasteiger partial charge on any atom is -0.481 e. The third kappa shape index (κ3) is 3.33. The van der Waals surface area contributed by atoms with Gasteiger partial charge in [0.05, 0.1) is 21.8 Å². The first-order valence-electron chi connectivity index (χ1n) is 6.80. The van der Waals surface area contributed by atoms with Gasteiger partial charge < -0.3 is 5.11 Å². The largest absolute Gasteiger partial charge is 0.481 e. The Kier molecular flexibility index (Phi) is 4.80. The molecule has 1 fully saturated rings. The average Bonchev–Trinajstić information content (AvgIpc) is 2.54. The van der Waals surface area contributed by atoms with E-state index in [9.17, 15) is 33.4 Å². The van der Waals surface area contributed by atoms with E-state index >= 15 is 0 Å². The molecule has 1 saturated heterocycles. The van der Waals surface area contributed by atoms with Crippen LogP contribution >= 0.6 is 0 Å². The highest BCUT2D eigenvalue weighted by Crippen LogP contribution is 2.32. The number of carboxylic acids is 1. The van der Waals surface area contributed by atoms with Gasteiger partial charge in [0.25, 0.3) is 11.4 Å². The first-order chi connectivity index (χ1) is 11.1. The Labute approximate surface area is 135 Å². The van der Waals surface area contributed by atoms with Crippen molar-refractivity contribution in [1.82, 2.24) is 4.31 Å². The molecule has 0 aromatic heterocycles. The summed E-state index contributed by atoms with van der Waals surface area (Å²) in [6, 6.07) is 2.24. The third-order valence-corrected chi connectivity index (χ3v) is 5.61. The summed E-state index contributed by atoms with van der Waals surface area (Å²) >= 11 is 0. The molecule has 0 radical (unpaired) electrons. The fourth-order valence-electron chi connectivity index (χ4n) is 2.48. The van der Waals surface area contributed by atoms with Crippen molar-refractivity contribution in [3.8, 4) is 0 Å². The minimum atomic E-state index is -4.34. The molecule has 1 heterocycles. The second-order valence-electron chi connectivity index (χ2n) is 5.21. The van der Waals surface area contributed by atoms with E-state index in [-0.39, 0.29) is 13.1 Å². The van der Waals surface area contributed by atoms with E-state index < -0.39 is 48.0 Å². The van der Waals surface area contributed by atoms with Crippen LogP contribution in [-0.2, 0) is 14.8 Å². The number of carboxylic acid groups (broad SMARTS) is 1. The molecule has 1 aromatic rings. The lowest BCUT2D eigenvalue weighted by atomic mass is 10.0. The van der Waals surface area contributed by atoms with Crippen LogP contribution in [0.3, 0.4) is 0 Å². The van der Waals surface area contributed by atoms with Gasteiger partial charge in [0.15, 0.2) is 4.90 Å². The summed E-state index contributed by atoms with van der Waals surface area (Å²) in [5, 5.41) is 30.8. The van der Waals surface area contributed by atoms with Gasteiger partial charge in [-0.1, -0.05) is 0 Å². The van der Waals surface area contributed by atoms with Crippen molar-refractivity contribution in [2.45, 2.75) is 17.7 Å². The van der Waals surface area contributed by atoms with Gasteiger partial charge in [-0.25, -0.2) is 8.42 Å². The van der Waals surface area contributed by atoms with Gasteiger partial charge in [-0.2, -0.15) is 4.31 Å². The minimum absolute atomic E-state index is 0.0280. The number of nitrogens with zero attached hydrogens (tertiary/aromatic N) is 3. The number of rotatable bonds is 5. The average molecular weight is 359 g/mol. The lowest BCUT2D eigenvalue weighted by molar-refractivity contribution is -0.396. The van der Waals surface area contributed by atoms with Crippen LogP contribution in [0.25, 0.3) is 0 Å². The summed E-state index contributed by atoms with van der Waals surface area (Å²) in [5.74, 6) is -2.04.